The van der Waals surface area contributed by atoms with Gasteiger partial charge >= 0.3 is 11.9 Å². The molecule has 1 saturated heterocycles. The molecular weight excluding hydrogens is 260 g/mol. The van der Waals surface area contributed by atoms with Crippen LogP contribution in [-0.2, 0) is 19.1 Å². The van der Waals surface area contributed by atoms with Gasteiger partial charge in [-0.1, -0.05) is 0 Å². The lowest BCUT2D eigenvalue weighted by atomic mass is 10.1. The molecule has 1 heterocycles. The maximum Gasteiger partial charge on any atom is 0.311 e. The third kappa shape index (κ3) is 6.65. The van der Waals surface area contributed by atoms with Crippen LogP contribution in [0.3, 0.4) is 0 Å². The van der Waals surface area contributed by atoms with Crippen LogP contribution in [0, 0.1) is 0 Å². The van der Waals surface area contributed by atoms with Crippen LogP contribution in [-0.4, -0.2) is 50.0 Å². The van der Waals surface area contributed by atoms with Crippen LogP contribution in [0.5, 0.6) is 0 Å². The lowest BCUT2D eigenvalue weighted by molar-refractivity contribution is -0.141. The largest absolute Gasteiger partial charge is 0.466 e. The van der Waals surface area contributed by atoms with Crippen molar-refractivity contribution in [2.24, 2.45) is 4.99 Å². The van der Waals surface area contributed by atoms with Gasteiger partial charge in [0.1, 0.15) is 0 Å². The van der Waals surface area contributed by atoms with E-state index in [1.807, 2.05) is 0 Å². The molecule has 6 nitrogen and oxygen atoms in total. The highest BCUT2D eigenvalue weighted by atomic mass is 16.5. The number of carbonyl (C=O) groups is 2. The third-order valence-electron chi connectivity index (χ3n) is 2.98. The van der Waals surface area contributed by atoms with Crippen molar-refractivity contribution in [3.63, 3.8) is 0 Å². The minimum absolute atomic E-state index is 0.0661. The van der Waals surface area contributed by atoms with Crippen molar-refractivity contribution in [1.29, 1.82) is 0 Å². The van der Waals surface area contributed by atoms with Gasteiger partial charge in [-0.3, -0.25) is 14.6 Å². The summed E-state index contributed by atoms with van der Waals surface area (Å²) in [7, 11) is 0. The van der Waals surface area contributed by atoms with Gasteiger partial charge in [-0.15, -0.1) is 0 Å². The summed E-state index contributed by atoms with van der Waals surface area (Å²) < 4.78 is 9.84. The van der Waals surface area contributed by atoms with E-state index in [0.29, 0.717) is 18.9 Å². The molecule has 1 rings (SSSR count). The molecule has 6 heteroatoms. The Bertz CT molecular complexity index is 327. The lowest BCUT2D eigenvalue weighted by Crippen LogP contribution is -2.31. The summed E-state index contributed by atoms with van der Waals surface area (Å²) in [5.74, 6) is -0.686. The molecule has 0 radical (unpaired) electrons. The number of hydrogen-bond acceptors (Lipinski definition) is 6. The number of nitrogens with zero attached hydrogens (tertiary/aromatic N) is 1. The highest BCUT2D eigenvalue weighted by Crippen LogP contribution is 2.10. The van der Waals surface area contributed by atoms with E-state index >= 15 is 0 Å². The quantitative estimate of drug-likeness (QED) is 0.559. The standard InChI is InChI=1S/C14H24N2O4/c1-3-19-13(17)9-12(10-14(18)20-4-2)16-11-5-7-15-8-6-11/h11,15H,3-10H2,1-2H3. The number of piperidine rings is 1. The van der Waals surface area contributed by atoms with E-state index in [9.17, 15) is 9.59 Å². The summed E-state index contributed by atoms with van der Waals surface area (Å²) in [4.78, 5) is 27.7. The van der Waals surface area contributed by atoms with Crippen molar-refractivity contribution in [1.82, 2.24) is 5.32 Å². The molecule has 0 aromatic heterocycles. The summed E-state index contributed by atoms with van der Waals surface area (Å²) in [5.41, 5.74) is 0.564. The average molecular weight is 284 g/mol. The summed E-state index contributed by atoms with van der Waals surface area (Å²) >= 11 is 0. The molecule has 1 aliphatic rings. The number of esters is 2. The van der Waals surface area contributed by atoms with Crippen LogP contribution >= 0.6 is 0 Å². The molecule has 0 spiro atoms. The topological polar surface area (TPSA) is 77.0 Å². The maximum atomic E-state index is 11.6. The zero-order chi connectivity index (χ0) is 14.8. The lowest BCUT2D eigenvalue weighted by Gasteiger charge is -2.20. The van der Waals surface area contributed by atoms with E-state index in [2.05, 4.69) is 10.3 Å². The Kier molecular flexibility index (Phi) is 7.87. The predicted molar refractivity (Wildman–Crippen MR) is 75.8 cm³/mol. The van der Waals surface area contributed by atoms with Crippen molar-refractivity contribution in [2.45, 2.75) is 45.6 Å². The Labute approximate surface area is 119 Å². The molecule has 0 aromatic rings. The molecule has 0 atom stereocenters. The molecule has 0 unspecified atom stereocenters. The van der Waals surface area contributed by atoms with Crippen LogP contribution in [0.1, 0.15) is 39.5 Å². The van der Waals surface area contributed by atoms with Gasteiger partial charge in [0.25, 0.3) is 0 Å². The highest BCUT2D eigenvalue weighted by Gasteiger charge is 2.17. The Balaban J connectivity index is 2.63. The Morgan fingerprint density at radius 2 is 1.55 bits per heavy atom. The first kappa shape index (κ1) is 16.6. The van der Waals surface area contributed by atoms with Crippen LogP contribution in [0.25, 0.3) is 0 Å². The van der Waals surface area contributed by atoms with E-state index in [1.165, 1.54) is 0 Å². The number of ether oxygens (including phenoxy) is 2. The second-order valence-corrected chi connectivity index (χ2v) is 4.64. The molecule has 0 saturated carbocycles. The zero-order valence-corrected chi connectivity index (χ0v) is 12.3. The van der Waals surface area contributed by atoms with E-state index < -0.39 is 0 Å². The normalized spacial score (nSPS) is 15.5. The van der Waals surface area contributed by atoms with Gasteiger partial charge in [0.05, 0.1) is 32.1 Å². The molecule has 1 fully saturated rings. The van der Waals surface area contributed by atoms with Crippen molar-refractivity contribution < 1.29 is 19.1 Å². The van der Waals surface area contributed by atoms with Crippen LogP contribution in [0.2, 0.25) is 0 Å². The fourth-order valence-corrected chi connectivity index (χ4v) is 2.11. The first-order chi connectivity index (χ1) is 9.65. The minimum Gasteiger partial charge on any atom is -0.466 e. The number of carbonyl (C=O) groups excluding carboxylic acids is 2. The summed E-state index contributed by atoms with van der Waals surface area (Å²) in [6.07, 6.45) is 1.98. The Hall–Kier alpha value is -1.43. The SMILES string of the molecule is CCOC(=O)CC(CC(=O)OCC)=NC1CCNCC1. The molecule has 1 N–H and O–H groups in total. The average Bonchev–Trinajstić information content (AvgIpc) is 2.40. The fraction of sp³-hybridized carbons (Fsp3) is 0.786. The van der Waals surface area contributed by atoms with Crippen molar-refractivity contribution in [3.05, 3.63) is 0 Å². The second-order valence-electron chi connectivity index (χ2n) is 4.64. The van der Waals surface area contributed by atoms with Crippen LogP contribution in [0.4, 0.5) is 0 Å². The second kappa shape index (κ2) is 9.47. The Morgan fingerprint density at radius 3 is 2.00 bits per heavy atom. The van der Waals surface area contributed by atoms with Gasteiger partial charge in [0.2, 0.25) is 0 Å². The highest BCUT2D eigenvalue weighted by molar-refractivity contribution is 6.06. The van der Waals surface area contributed by atoms with Crippen molar-refractivity contribution in [3.8, 4) is 0 Å². The molecule has 1 aliphatic heterocycles. The monoisotopic (exact) mass is 284 g/mol. The first-order valence-electron chi connectivity index (χ1n) is 7.23. The van der Waals surface area contributed by atoms with Gasteiger partial charge < -0.3 is 14.8 Å². The fourth-order valence-electron chi connectivity index (χ4n) is 2.11. The summed E-state index contributed by atoms with van der Waals surface area (Å²) in [6.45, 7) is 6.01. The number of hydrogen-bond donors (Lipinski definition) is 1. The Morgan fingerprint density at radius 1 is 1.05 bits per heavy atom. The van der Waals surface area contributed by atoms with Crippen molar-refractivity contribution in [2.75, 3.05) is 26.3 Å². The van der Waals surface area contributed by atoms with E-state index in [-0.39, 0.29) is 30.8 Å². The van der Waals surface area contributed by atoms with E-state index in [4.69, 9.17) is 9.47 Å². The van der Waals surface area contributed by atoms with Crippen LogP contribution < -0.4 is 5.32 Å². The van der Waals surface area contributed by atoms with E-state index in [0.717, 1.165) is 25.9 Å². The molecule has 0 amide bonds. The molecule has 0 aliphatic carbocycles. The number of nitrogens with one attached hydrogen (secondary N) is 1. The maximum absolute atomic E-state index is 11.6. The third-order valence-corrected chi connectivity index (χ3v) is 2.98. The molecule has 20 heavy (non-hydrogen) atoms. The molecular formula is C14H24N2O4. The number of aliphatic imine (C=N–C) groups is 1. The van der Waals surface area contributed by atoms with Crippen molar-refractivity contribution >= 4 is 17.7 Å². The van der Waals surface area contributed by atoms with Gasteiger partial charge in [-0.25, -0.2) is 0 Å². The van der Waals surface area contributed by atoms with Gasteiger partial charge in [-0.2, -0.15) is 0 Å². The van der Waals surface area contributed by atoms with Crippen LogP contribution in [0.15, 0.2) is 4.99 Å². The smallest absolute Gasteiger partial charge is 0.311 e. The summed E-state index contributed by atoms with van der Waals surface area (Å²) in [5, 5.41) is 3.26. The van der Waals surface area contributed by atoms with Gasteiger partial charge in [-0.05, 0) is 39.8 Å². The van der Waals surface area contributed by atoms with Gasteiger partial charge in [0, 0.05) is 5.71 Å². The summed E-state index contributed by atoms with van der Waals surface area (Å²) in [6, 6.07) is 0.176. The van der Waals surface area contributed by atoms with Gasteiger partial charge in [0.15, 0.2) is 0 Å². The first-order valence-corrected chi connectivity index (χ1v) is 7.23. The molecule has 0 aromatic carbocycles. The molecule has 114 valence electrons. The predicted octanol–water partition coefficient (Wildman–Crippen LogP) is 1.09. The number of rotatable bonds is 7. The minimum atomic E-state index is -0.343. The van der Waals surface area contributed by atoms with E-state index in [1.54, 1.807) is 13.8 Å². The molecule has 0 bridgehead atoms. The zero-order valence-electron chi connectivity index (χ0n) is 12.3.